The highest BCUT2D eigenvalue weighted by molar-refractivity contribution is 6.30. The molecule has 2 aliphatic heterocycles. The standard InChI is InChI=1S/C17H17ClFN3/c1-10-20-8-13-16(21-10)7-12-3-5-17(13)22(12)9-11-2-4-14(18)15(19)6-11/h2,4,6,8,12,17H,3,5,7,9H2,1H3/t12-,17-/m1/s1. The van der Waals surface area contributed by atoms with Crippen LogP contribution in [0.15, 0.2) is 24.4 Å². The first-order valence-electron chi connectivity index (χ1n) is 7.64. The van der Waals surface area contributed by atoms with Crippen molar-refractivity contribution in [3.63, 3.8) is 0 Å². The monoisotopic (exact) mass is 317 g/mol. The highest BCUT2D eigenvalue weighted by Gasteiger charge is 2.40. The van der Waals surface area contributed by atoms with E-state index in [0.29, 0.717) is 12.1 Å². The third kappa shape index (κ3) is 2.31. The van der Waals surface area contributed by atoms with E-state index in [0.717, 1.165) is 37.2 Å². The Morgan fingerprint density at radius 1 is 1.36 bits per heavy atom. The van der Waals surface area contributed by atoms with E-state index in [9.17, 15) is 4.39 Å². The number of nitrogens with zero attached hydrogens (tertiary/aromatic N) is 3. The van der Waals surface area contributed by atoms with Crippen LogP contribution in [0.1, 0.15) is 41.5 Å². The highest BCUT2D eigenvalue weighted by atomic mass is 35.5. The molecule has 0 spiro atoms. The molecule has 5 heteroatoms. The molecule has 22 heavy (non-hydrogen) atoms. The molecule has 1 fully saturated rings. The number of benzene rings is 1. The van der Waals surface area contributed by atoms with Crippen LogP contribution in [0.5, 0.6) is 0 Å². The van der Waals surface area contributed by atoms with Crippen LogP contribution in [-0.2, 0) is 13.0 Å². The summed E-state index contributed by atoms with van der Waals surface area (Å²) in [4.78, 5) is 11.4. The van der Waals surface area contributed by atoms with Crippen LogP contribution in [0.2, 0.25) is 5.02 Å². The quantitative estimate of drug-likeness (QED) is 0.842. The lowest BCUT2D eigenvalue weighted by molar-refractivity contribution is 0.166. The second-order valence-electron chi connectivity index (χ2n) is 6.19. The Hall–Kier alpha value is -1.52. The van der Waals surface area contributed by atoms with Crippen molar-refractivity contribution in [1.29, 1.82) is 0 Å². The van der Waals surface area contributed by atoms with Gasteiger partial charge >= 0.3 is 0 Å². The van der Waals surface area contributed by atoms with Crippen molar-refractivity contribution in [3.8, 4) is 0 Å². The minimum absolute atomic E-state index is 0.180. The summed E-state index contributed by atoms with van der Waals surface area (Å²) in [7, 11) is 0. The smallest absolute Gasteiger partial charge is 0.142 e. The van der Waals surface area contributed by atoms with E-state index in [4.69, 9.17) is 11.6 Å². The van der Waals surface area contributed by atoms with Crippen molar-refractivity contribution in [2.24, 2.45) is 0 Å². The van der Waals surface area contributed by atoms with Gasteiger partial charge in [0.15, 0.2) is 0 Å². The normalized spacial score (nSPS) is 23.6. The number of aromatic nitrogens is 2. The van der Waals surface area contributed by atoms with Gasteiger partial charge in [0.05, 0.1) is 10.7 Å². The van der Waals surface area contributed by atoms with Gasteiger partial charge in [0.2, 0.25) is 0 Å². The zero-order valence-corrected chi connectivity index (χ0v) is 13.1. The molecular weight excluding hydrogens is 301 g/mol. The SMILES string of the molecule is Cc1ncc2c(n1)C[C@H]1CC[C@H]2N1Cc1ccc(Cl)c(F)c1. The van der Waals surface area contributed by atoms with Gasteiger partial charge in [0.25, 0.3) is 0 Å². The summed E-state index contributed by atoms with van der Waals surface area (Å²) in [5.74, 6) is 0.495. The topological polar surface area (TPSA) is 29.0 Å². The maximum absolute atomic E-state index is 13.7. The summed E-state index contributed by atoms with van der Waals surface area (Å²) in [5, 5.41) is 0.180. The summed E-state index contributed by atoms with van der Waals surface area (Å²) in [6.45, 7) is 2.68. The fourth-order valence-electron chi connectivity index (χ4n) is 3.77. The molecule has 2 aromatic rings. The van der Waals surface area contributed by atoms with E-state index in [1.54, 1.807) is 12.1 Å². The largest absolute Gasteiger partial charge is 0.289 e. The van der Waals surface area contributed by atoms with Gasteiger partial charge in [-0.15, -0.1) is 0 Å². The van der Waals surface area contributed by atoms with Crippen LogP contribution < -0.4 is 0 Å². The lowest BCUT2D eigenvalue weighted by Crippen LogP contribution is -2.37. The van der Waals surface area contributed by atoms with E-state index in [2.05, 4.69) is 14.9 Å². The van der Waals surface area contributed by atoms with Crippen molar-refractivity contribution in [2.45, 2.75) is 44.8 Å². The Morgan fingerprint density at radius 3 is 3.05 bits per heavy atom. The first-order chi connectivity index (χ1) is 10.6. The fourth-order valence-corrected chi connectivity index (χ4v) is 3.89. The molecule has 2 aliphatic rings. The predicted octanol–water partition coefficient (Wildman–Crippen LogP) is 3.84. The van der Waals surface area contributed by atoms with Crippen LogP contribution in [0.3, 0.4) is 0 Å². The maximum atomic E-state index is 13.7. The molecule has 4 rings (SSSR count). The molecule has 2 bridgehead atoms. The zero-order valence-electron chi connectivity index (χ0n) is 12.4. The van der Waals surface area contributed by atoms with Gasteiger partial charge in [-0.05, 0) is 37.5 Å². The van der Waals surface area contributed by atoms with Gasteiger partial charge in [-0.3, -0.25) is 4.90 Å². The molecule has 1 saturated heterocycles. The van der Waals surface area contributed by atoms with Crippen LogP contribution in [0.4, 0.5) is 4.39 Å². The molecule has 0 radical (unpaired) electrons. The van der Waals surface area contributed by atoms with Gasteiger partial charge < -0.3 is 0 Å². The fraction of sp³-hybridized carbons (Fsp3) is 0.412. The molecule has 0 unspecified atom stereocenters. The molecule has 3 heterocycles. The molecule has 1 aromatic heterocycles. The summed E-state index contributed by atoms with van der Waals surface area (Å²) in [6.07, 6.45) is 5.22. The maximum Gasteiger partial charge on any atom is 0.142 e. The highest BCUT2D eigenvalue weighted by Crippen LogP contribution is 2.43. The average molecular weight is 318 g/mol. The number of rotatable bonds is 2. The van der Waals surface area contributed by atoms with Crippen LogP contribution >= 0.6 is 11.6 Å². The number of hydrogen-bond donors (Lipinski definition) is 0. The Labute approximate surface area is 134 Å². The number of aryl methyl sites for hydroxylation is 1. The number of fused-ring (bicyclic) bond motifs is 4. The van der Waals surface area contributed by atoms with Gasteiger partial charge in [0, 0.05) is 36.8 Å². The molecule has 2 atom stereocenters. The first kappa shape index (κ1) is 14.1. The Morgan fingerprint density at radius 2 is 2.23 bits per heavy atom. The van der Waals surface area contributed by atoms with Gasteiger partial charge in [-0.2, -0.15) is 0 Å². The molecule has 0 N–H and O–H groups in total. The second-order valence-corrected chi connectivity index (χ2v) is 6.60. The van der Waals surface area contributed by atoms with E-state index >= 15 is 0 Å². The molecular formula is C17H17ClFN3. The summed E-state index contributed by atoms with van der Waals surface area (Å²) < 4.78 is 13.7. The van der Waals surface area contributed by atoms with Crippen molar-refractivity contribution in [3.05, 3.63) is 57.9 Å². The second kappa shape index (κ2) is 5.28. The molecule has 0 saturated carbocycles. The van der Waals surface area contributed by atoms with E-state index in [-0.39, 0.29) is 10.8 Å². The zero-order chi connectivity index (χ0) is 15.3. The van der Waals surface area contributed by atoms with Gasteiger partial charge in [0.1, 0.15) is 11.6 Å². The van der Waals surface area contributed by atoms with Gasteiger partial charge in [-0.25, -0.2) is 14.4 Å². The predicted molar refractivity (Wildman–Crippen MR) is 83.2 cm³/mol. The Balaban J connectivity index is 1.64. The third-order valence-corrected chi connectivity index (χ3v) is 5.11. The van der Waals surface area contributed by atoms with Crippen molar-refractivity contribution in [2.75, 3.05) is 0 Å². The van der Waals surface area contributed by atoms with Gasteiger partial charge in [-0.1, -0.05) is 17.7 Å². The summed E-state index contributed by atoms with van der Waals surface area (Å²) >= 11 is 5.77. The third-order valence-electron chi connectivity index (χ3n) is 4.80. The van der Waals surface area contributed by atoms with Crippen molar-refractivity contribution in [1.82, 2.24) is 14.9 Å². The molecule has 1 aromatic carbocycles. The van der Waals surface area contributed by atoms with E-state index in [1.165, 1.54) is 11.3 Å². The van der Waals surface area contributed by atoms with E-state index < -0.39 is 0 Å². The minimum atomic E-state index is -0.345. The molecule has 0 amide bonds. The molecule has 3 nitrogen and oxygen atoms in total. The van der Waals surface area contributed by atoms with E-state index in [1.807, 2.05) is 19.2 Å². The van der Waals surface area contributed by atoms with Crippen LogP contribution in [0.25, 0.3) is 0 Å². The molecule has 0 aliphatic carbocycles. The number of halogens is 2. The lowest BCUT2D eigenvalue weighted by Gasteiger charge is -2.35. The number of hydrogen-bond acceptors (Lipinski definition) is 3. The van der Waals surface area contributed by atoms with Crippen LogP contribution in [0, 0.1) is 12.7 Å². The van der Waals surface area contributed by atoms with Crippen LogP contribution in [-0.4, -0.2) is 20.9 Å². The average Bonchev–Trinajstić information content (AvgIpc) is 2.76. The minimum Gasteiger partial charge on any atom is -0.289 e. The first-order valence-corrected chi connectivity index (χ1v) is 8.01. The molecule has 114 valence electrons. The summed E-state index contributed by atoms with van der Waals surface area (Å²) in [5.41, 5.74) is 3.41. The Bertz CT molecular complexity index is 734. The van der Waals surface area contributed by atoms with Crippen molar-refractivity contribution < 1.29 is 4.39 Å². The lowest BCUT2D eigenvalue weighted by atomic mass is 9.98. The Kier molecular flexibility index (Phi) is 3.39. The summed E-state index contributed by atoms with van der Waals surface area (Å²) in [6, 6.07) is 5.94. The van der Waals surface area contributed by atoms with Crippen molar-refractivity contribution >= 4 is 11.6 Å².